The first kappa shape index (κ1) is 91.4. The highest BCUT2D eigenvalue weighted by atomic mass is 31.0. The Kier molecular flexibility index (Phi) is 47.9. The van der Waals surface area contributed by atoms with Gasteiger partial charge in [0.1, 0.15) is 22.8 Å². The summed E-state index contributed by atoms with van der Waals surface area (Å²) in [6, 6.07) is 32.4. The molecule has 3 aromatic carbocycles. The maximum Gasteiger partial charge on any atom is 0.407 e. The van der Waals surface area contributed by atoms with Gasteiger partial charge in [0.25, 0.3) is 0 Å². The Morgan fingerprint density at radius 3 is 1.09 bits per heavy atom. The fraction of sp³-hybridized carbons (Fsp3) is 0.654. The lowest BCUT2D eigenvalue weighted by Gasteiger charge is -2.30. The van der Waals surface area contributed by atoms with E-state index in [4.69, 9.17) is 41.1 Å². The van der Waals surface area contributed by atoms with Gasteiger partial charge < -0.3 is 57.9 Å². The molecular weight excluding hydrogens is 1210 g/mol. The number of nitrogens with two attached hydrogens (primary N) is 2. The number of pyridine rings is 2. The molecule has 5 fully saturated rings. The first-order chi connectivity index (χ1) is 43.8. The second-order valence-corrected chi connectivity index (χ2v) is 27.3. The van der Waals surface area contributed by atoms with Gasteiger partial charge in [0, 0.05) is 47.0 Å². The molecule has 1 unspecified atom stereocenters. The minimum atomic E-state index is -0.605. The number of anilines is 2. The summed E-state index contributed by atoms with van der Waals surface area (Å²) in [5.41, 5.74) is 16.4. The van der Waals surface area contributed by atoms with E-state index in [2.05, 4.69) is 98.4 Å². The number of para-hydroxylation sites is 2. The molecule has 95 heavy (non-hydrogen) atoms. The van der Waals surface area contributed by atoms with Crippen molar-refractivity contribution in [1.82, 2.24) is 20.6 Å². The zero-order valence-electron chi connectivity index (χ0n) is 61.5. The van der Waals surface area contributed by atoms with Gasteiger partial charge in [0.2, 0.25) is 0 Å². The maximum atomic E-state index is 11.9. The third-order valence-electron chi connectivity index (χ3n) is 17.0. The smallest absolute Gasteiger partial charge is 0.407 e. The van der Waals surface area contributed by atoms with Gasteiger partial charge >= 0.3 is 18.2 Å². The Balaban J connectivity index is 0. The van der Waals surface area contributed by atoms with E-state index in [0.717, 1.165) is 149 Å². The molecule has 5 aromatic rings. The molecule has 5 aliphatic rings. The second-order valence-electron chi connectivity index (χ2n) is 27.3. The number of hydrogen-bond donors (Lipinski definition) is 8. The highest BCUT2D eigenvalue weighted by Gasteiger charge is 2.27. The van der Waals surface area contributed by atoms with Crippen molar-refractivity contribution in [2.24, 2.45) is 35.1 Å². The number of aliphatic hydroxyl groups excluding tert-OH is 1. The number of fused-ring (bicyclic) bond motifs is 2. The molecule has 0 saturated heterocycles. The number of carboxylic acid groups (broad SMARTS) is 1. The molecule has 0 spiro atoms. The Labute approximate surface area is 579 Å². The quantitative estimate of drug-likeness (QED) is 0.0673. The predicted molar refractivity (Wildman–Crippen MR) is 409 cm³/mol. The van der Waals surface area contributed by atoms with E-state index in [1.165, 1.54) is 47.6 Å². The van der Waals surface area contributed by atoms with Crippen LogP contribution < -0.4 is 32.7 Å². The van der Waals surface area contributed by atoms with Crippen LogP contribution in [0.1, 0.15) is 256 Å². The minimum absolute atomic E-state index is 0. The fourth-order valence-corrected chi connectivity index (χ4v) is 11.6. The number of ether oxygens (including phenoxy) is 2. The summed E-state index contributed by atoms with van der Waals surface area (Å²) < 4.78 is 10.5. The van der Waals surface area contributed by atoms with E-state index >= 15 is 0 Å². The molecule has 542 valence electrons. The van der Waals surface area contributed by atoms with Crippen molar-refractivity contribution in [3.8, 4) is 0 Å². The first-order valence-electron chi connectivity index (χ1n) is 35.4. The first-order valence-corrected chi connectivity index (χ1v) is 35.4. The van der Waals surface area contributed by atoms with Crippen molar-refractivity contribution >= 4 is 61.5 Å². The van der Waals surface area contributed by atoms with Crippen LogP contribution in [0.2, 0.25) is 0 Å². The zero-order chi connectivity index (χ0) is 68.8. The number of nitrogens with zero attached hydrogens (tertiary/aromatic N) is 2. The number of hydrogen-bond acceptors (Lipinski definition) is 12. The van der Waals surface area contributed by atoms with Gasteiger partial charge in [-0.1, -0.05) is 162 Å². The van der Waals surface area contributed by atoms with Gasteiger partial charge in [-0.25, -0.2) is 19.6 Å². The summed E-state index contributed by atoms with van der Waals surface area (Å²) in [7, 11) is 0. The molecule has 0 radical (unpaired) electrons. The molecule has 0 bridgehead atoms. The number of aryl methyl sites for hydroxylation is 2. The van der Waals surface area contributed by atoms with E-state index in [1.807, 2.05) is 132 Å². The van der Waals surface area contributed by atoms with Crippen LogP contribution in [0.3, 0.4) is 0 Å². The average Bonchev–Trinajstić information content (AvgIpc) is 0.857. The molecule has 12 N–H and O–H groups in total. The van der Waals surface area contributed by atoms with Crippen LogP contribution in [0, 0.1) is 37.5 Å². The van der Waals surface area contributed by atoms with E-state index in [1.54, 1.807) is 0 Å². The molecular formula is C78H137N8O8P. The Bertz CT molecular complexity index is 2770. The van der Waals surface area contributed by atoms with Gasteiger partial charge in [-0.3, -0.25) is 4.79 Å². The van der Waals surface area contributed by atoms with Crippen LogP contribution in [0.15, 0.2) is 91.0 Å². The van der Waals surface area contributed by atoms with Gasteiger partial charge in [-0.05, 0) is 217 Å². The van der Waals surface area contributed by atoms with Crippen LogP contribution in [0.4, 0.5) is 21.2 Å². The van der Waals surface area contributed by atoms with Crippen LogP contribution >= 0.6 is 9.90 Å². The zero-order valence-corrected chi connectivity index (χ0v) is 62.9. The minimum Gasteiger partial charge on any atom is -0.481 e. The van der Waals surface area contributed by atoms with Gasteiger partial charge in [-0.15, -0.1) is 0 Å². The highest BCUT2D eigenvalue weighted by molar-refractivity contribution is 6.92. The molecule has 5 aliphatic carbocycles. The number of aliphatic carboxylic acids is 1. The van der Waals surface area contributed by atoms with E-state index in [0.29, 0.717) is 24.2 Å². The lowest BCUT2D eigenvalue weighted by Crippen LogP contribution is -2.42. The van der Waals surface area contributed by atoms with Crippen LogP contribution in [-0.2, 0) is 20.9 Å². The summed E-state index contributed by atoms with van der Waals surface area (Å²) in [5, 5.41) is 32.6. The molecule has 17 heteroatoms. The Morgan fingerprint density at radius 2 is 0.779 bits per heavy atom. The molecule has 2 heterocycles. The van der Waals surface area contributed by atoms with Crippen LogP contribution in [0.25, 0.3) is 21.8 Å². The van der Waals surface area contributed by atoms with Crippen LogP contribution in [-0.4, -0.2) is 91.3 Å². The predicted octanol–water partition coefficient (Wildman–Crippen LogP) is 18.7. The number of carboxylic acids is 1. The van der Waals surface area contributed by atoms with E-state index in [-0.39, 0.29) is 59.6 Å². The molecule has 5 saturated carbocycles. The van der Waals surface area contributed by atoms with E-state index < -0.39 is 17.2 Å². The maximum absolute atomic E-state index is 11.9. The topological polar surface area (TPSA) is 268 Å². The monoisotopic (exact) mass is 1350 g/mol. The summed E-state index contributed by atoms with van der Waals surface area (Å²) in [6.45, 7) is 34.6. The fourth-order valence-electron chi connectivity index (χ4n) is 11.6. The van der Waals surface area contributed by atoms with Crippen molar-refractivity contribution in [2.45, 2.75) is 308 Å². The largest absolute Gasteiger partial charge is 0.481 e. The number of carbonyl (C=O) groups excluding carboxylic acids is 2. The van der Waals surface area contributed by atoms with Crippen molar-refractivity contribution in [3.05, 3.63) is 108 Å². The number of aromatic nitrogens is 2. The molecule has 16 nitrogen and oxygen atoms in total. The van der Waals surface area contributed by atoms with Crippen molar-refractivity contribution in [2.75, 3.05) is 10.6 Å². The molecule has 2 amide bonds. The summed E-state index contributed by atoms with van der Waals surface area (Å²) in [4.78, 5) is 43.3. The molecule has 2 aromatic heterocycles. The number of alkyl carbamates (subject to hydrolysis) is 2. The number of carbonyl (C=O) groups is 3. The van der Waals surface area contributed by atoms with Gasteiger partial charge in [0.15, 0.2) is 0 Å². The number of nitrogens with one attached hydrogen (secondary N) is 4. The SMILES string of the molecule is C.CC.CC.CC.CC(C)(C)OC(=O)NC1CCC(N)CC1.CC1CCC(C(=O)O)CC1.CC1CCC(C)CC1.Cc1cc(NC2CCC(N)CC2)nc2ccccc12.Cc1cc(NC2CCC(NC(=O)OC(C)(C)C)CC2)nc2ccccc12.O.OCc1ccccc1.P. The lowest BCUT2D eigenvalue weighted by atomic mass is 9.83. The number of aliphatic hydroxyl groups is 1. The standard InChI is InChI=1S/C21H29N3O2.C16H21N3.C11H22N2O2.C8H14O2.C8H16.C7H8O.3C2H6.CH4.H2O.H3P/c1-14-13-19(24-18-8-6-5-7-17(14)18)22-15-9-11-16(12-10-15)23-20(25)26-21(2,3)4;1-11-10-16(18-13-8-6-12(17)7-9-13)19-15-5-3-2-4-14(11)15;1-11(2,3)15-10(14)13-9-6-4-8(12)5-7-9;1-6-2-4-7(5-3-6)8(9)10;1-7-3-5-8(2)6-4-7;8-6-7-4-2-1-3-5-7;3*1-2;;;/h5-8,13,15-16H,9-12H2,1-4H3,(H,22,24)(H,23,25);2-5,10,12-13H,6-9,17H2,1H3,(H,18,19);8-9H,4-7,12H2,1-3H3,(H,13,14);6-7H,2-5H2,1H3,(H,9,10);7-8H,3-6H2,1-2H3;1-5,8H,6H2;3*1-2H3;1H4;1H2;1H3. The molecule has 0 aliphatic heterocycles. The summed E-state index contributed by atoms with van der Waals surface area (Å²) in [5.74, 6) is 4.07. The number of benzene rings is 3. The van der Waals surface area contributed by atoms with Crippen molar-refractivity contribution in [3.63, 3.8) is 0 Å². The van der Waals surface area contributed by atoms with Crippen molar-refractivity contribution < 1.29 is 39.5 Å². The normalized spacial score (nSPS) is 22.5. The van der Waals surface area contributed by atoms with Gasteiger partial charge in [-0.2, -0.15) is 9.90 Å². The highest BCUT2D eigenvalue weighted by Crippen LogP contribution is 2.30. The van der Waals surface area contributed by atoms with Crippen molar-refractivity contribution in [1.29, 1.82) is 0 Å². The lowest BCUT2D eigenvalue weighted by molar-refractivity contribution is -0.143. The van der Waals surface area contributed by atoms with Gasteiger partial charge in [0.05, 0.1) is 23.6 Å². The summed E-state index contributed by atoms with van der Waals surface area (Å²) >= 11 is 0. The summed E-state index contributed by atoms with van der Waals surface area (Å²) in [6.07, 6.45) is 21.5. The number of rotatable bonds is 8. The van der Waals surface area contributed by atoms with Crippen LogP contribution in [0.5, 0.6) is 0 Å². The van der Waals surface area contributed by atoms with E-state index in [9.17, 15) is 14.4 Å². The third kappa shape index (κ3) is 38.8. The average molecular weight is 1350 g/mol. The molecule has 1 atom stereocenters. The number of amides is 2. The Hall–Kier alpha value is -5.64. The molecule has 10 rings (SSSR count). The second kappa shape index (κ2) is 49.8. The Morgan fingerprint density at radius 1 is 0.484 bits per heavy atom. The third-order valence-corrected chi connectivity index (χ3v) is 17.0.